The van der Waals surface area contributed by atoms with E-state index in [1.54, 1.807) is 6.07 Å². The molecule has 15 nitrogen and oxygen atoms in total. The Kier molecular flexibility index (Phi) is 15.8. The van der Waals surface area contributed by atoms with E-state index in [9.17, 15) is 19.8 Å². The number of benzene rings is 2. The van der Waals surface area contributed by atoms with Crippen LogP contribution in [0.5, 0.6) is 11.5 Å². The fraction of sp³-hybridized carbons (Fsp3) is 0.383. The fourth-order valence-corrected chi connectivity index (χ4v) is 10.7. The Hall–Kier alpha value is -7.83. The highest BCUT2D eigenvalue weighted by Crippen LogP contribution is 2.47. The lowest BCUT2D eigenvalue weighted by Gasteiger charge is -2.18. The molecule has 6 N–H and O–H groups in total. The number of aliphatic hydroxyl groups is 1. The summed E-state index contributed by atoms with van der Waals surface area (Å²) in [4.78, 5) is 50.8. The van der Waals surface area contributed by atoms with Crippen molar-refractivity contribution in [2.24, 2.45) is 26.8 Å². The average Bonchev–Trinajstić information content (AvgIpc) is 4.17. The van der Waals surface area contributed by atoms with Crippen molar-refractivity contribution < 1.29 is 29.3 Å². The summed E-state index contributed by atoms with van der Waals surface area (Å²) in [6, 6.07) is 10.5. The third-order valence-corrected chi connectivity index (χ3v) is 14.9. The molecular formula is C60H67N9O6. The highest BCUT2D eigenvalue weighted by atomic mass is 16.5. The molecule has 9 rings (SSSR count). The molecule has 8 bridgehead atoms. The number of hydrogen-bond acceptors (Lipinski definition) is 13. The van der Waals surface area contributed by atoms with Gasteiger partial charge in [0.1, 0.15) is 17.9 Å². The summed E-state index contributed by atoms with van der Waals surface area (Å²) >= 11 is 0. The number of carbonyl (C=O) groups excluding carboxylic acids is 2. The summed E-state index contributed by atoms with van der Waals surface area (Å²) in [5.74, 6) is 2.91. The van der Waals surface area contributed by atoms with Crippen molar-refractivity contribution in [3.05, 3.63) is 140 Å². The number of allylic oxidation sites excluding steroid dienone is 11. The van der Waals surface area contributed by atoms with Crippen LogP contribution in [0.2, 0.25) is 0 Å². The minimum Gasteiger partial charge on any atom is -0.511 e. The first-order valence-electron chi connectivity index (χ1n) is 26.3. The number of carbonyl (C=O) groups is 2. The fourth-order valence-electron chi connectivity index (χ4n) is 10.7. The molecule has 75 heavy (non-hydrogen) atoms. The summed E-state index contributed by atoms with van der Waals surface area (Å²) in [5.41, 5.74) is 15.8. The number of nitrogens with one attached hydrogen (secondary N) is 4. The number of anilines is 2. The van der Waals surface area contributed by atoms with Gasteiger partial charge in [0, 0.05) is 95.2 Å². The topological polar surface area (TPSA) is 204 Å². The Balaban J connectivity index is 0.857. The van der Waals surface area contributed by atoms with E-state index in [0.717, 1.165) is 110 Å². The number of phenols is 1. The van der Waals surface area contributed by atoms with Gasteiger partial charge in [0.25, 0.3) is 0 Å². The van der Waals surface area contributed by atoms with E-state index in [0.29, 0.717) is 41.7 Å². The van der Waals surface area contributed by atoms with Crippen LogP contribution in [0.1, 0.15) is 112 Å². The maximum atomic E-state index is 13.5. The van der Waals surface area contributed by atoms with Crippen LogP contribution in [-0.2, 0) is 14.3 Å². The predicted molar refractivity (Wildman–Crippen MR) is 296 cm³/mol. The van der Waals surface area contributed by atoms with Gasteiger partial charge in [-0.25, -0.2) is 24.9 Å². The van der Waals surface area contributed by atoms with Gasteiger partial charge < -0.3 is 41.0 Å². The van der Waals surface area contributed by atoms with Gasteiger partial charge >= 0.3 is 0 Å². The van der Waals surface area contributed by atoms with E-state index < -0.39 is 0 Å². The number of aliphatic imine (C=N–C) groups is 3. The molecule has 1 unspecified atom stereocenters. The molecule has 5 aliphatic heterocycles. The number of nitrogens with zero attached hydrogens (tertiary/aromatic N) is 5. The first-order valence-corrected chi connectivity index (χ1v) is 26.3. The Morgan fingerprint density at radius 2 is 1.67 bits per heavy atom. The standard InChI is InChI=1S/C60H67N9O6/c1-9-12-13-14-23-74-37(8)56-35(6)46-28-45-34(5)41(58(68-45)43-27-52(71)57-36(7)47(69-59(43)57)29-49-40(11-3)33(4)44(66-49)30-50(56)67-46)18-19-54(72)61-21-22-62-55(73)20-24-75-53-31-48-42(26-51(53)70)60(64-32-63-48)65-39-17-15-16-38(10-2)25-39/h2,15-17,25-26,28-32,34,37,41,68,70-71H,9,11-14,18-24,27H2,1,3-8H3,(H,61,72)(H,62,73)(H,63,64,65)/t34-,37?,41-/m0/s1. The third-order valence-electron chi connectivity index (χ3n) is 14.9. The molecule has 3 aromatic rings. The summed E-state index contributed by atoms with van der Waals surface area (Å²) in [5, 5.41) is 35.8. The highest BCUT2D eigenvalue weighted by molar-refractivity contribution is 6.21. The molecule has 0 saturated carbocycles. The van der Waals surface area contributed by atoms with Crippen molar-refractivity contribution in [2.45, 2.75) is 112 Å². The van der Waals surface area contributed by atoms with Crippen LogP contribution >= 0.6 is 0 Å². The Labute approximate surface area is 439 Å². The van der Waals surface area contributed by atoms with Gasteiger partial charge in [-0.2, -0.15) is 0 Å². The second-order valence-electron chi connectivity index (χ2n) is 19.9. The zero-order valence-corrected chi connectivity index (χ0v) is 44.0. The molecule has 3 atom stereocenters. The molecule has 0 radical (unpaired) electrons. The van der Waals surface area contributed by atoms with E-state index >= 15 is 0 Å². The number of ether oxygens (including phenoxy) is 2. The number of aromatic hydroxyl groups is 1. The normalized spacial score (nSPS) is 19.2. The number of rotatable bonds is 20. The number of aromatic nitrogens is 2. The molecule has 388 valence electrons. The van der Waals surface area contributed by atoms with Gasteiger partial charge in [-0.3, -0.25) is 9.59 Å². The maximum absolute atomic E-state index is 13.5. The van der Waals surface area contributed by atoms with Crippen LogP contribution in [0, 0.1) is 24.2 Å². The summed E-state index contributed by atoms with van der Waals surface area (Å²) in [6.45, 7) is 16.1. The minimum atomic E-state index is -0.267. The molecule has 6 heterocycles. The number of fused-ring (bicyclic) bond motifs is 6. The lowest BCUT2D eigenvalue weighted by Crippen LogP contribution is -2.35. The molecule has 1 saturated heterocycles. The minimum absolute atomic E-state index is 0.00520. The van der Waals surface area contributed by atoms with Crippen LogP contribution in [-0.4, -0.2) is 81.5 Å². The number of phenolic OH excluding ortho intramolecular Hbond substituents is 1. The van der Waals surface area contributed by atoms with Crippen molar-refractivity contribution >= 4 is 51.4 Å². The van der Waals surface area contributed by atoms with Crippen LogP contribution in [0.4, 0.5) is 11.5 Å². The molecule has 2 amide bonds. The Morgan fingerprint density at radius 1 is 0.893 bits per heavy atom. The molecule has 15 heteroatoms. The molecule has 1 aliphatic carbocycles. The molecule has 1 aromatic heterocycles. The van der Waals surface area contributed by atoms with Crippen LogP contribution in [0.3, 0.4) is 0 Å². The number of aliphatic hydroxyl groups excluding tert-OH is 1. The molecule has 0 spiro atoms. The smallest absolute Gasteiger partial charge is 0.223 e. The van der Waals surface area contributed by atoms with Gasteiger partial charge in [-0.05, 0) is 112 Å². The largest absolute Gasteiger partial charge is 0.511 e. The Morgan fingerprint density at radius 3 is 2.44 bits per heavy atom. The molecule has 1 fully saturated rings. The lowest BCUT2D eigenvalue weighted by molar-refractivity contribution is -0.123. The first-order chi connectivity index (χ1) is 36.3. The van der Waals surface area contributed by atoms with Crippen molar-refractivity contribution in [2.75, 3.05) is 31.6 Å². The quantitative estimate of drug-likeness (QED) is 0.0467. The van der Waals surface area contributed by atoms with Gasteiger partial charge in [0.2, 0.25) is 11.8 Å². The number of amides is 2. The van der Waals surface area contributed by atoms with Crippen LogP contribution in [0.15, 0.2) is 149 Å². The van der Waals surface area contributed by atoms with Crippen molar-refractivity contribution in [1.82, 2.24) is 25.9 Å². The number of hydrogen-bond donors (Lipinski definition) is 6. The van der Waals surface area contributed by atoms with E-state index in [1.807, 2.05) is 31.2 Å². The summed E-state index contributed by atoms with van der Waals surface area (Å²) < 4.78 is 12.3. The highest BCUT2D eigenvalue weighted by Gasteiger charge is 2.41. The summed E-state index contributed by atoms with van der Waals surface area (Å²) in [6.07, 6.45) is 19.5. The third kappa shape index (κ3) is 11.0. The molecule has 2 aromatic carbocycles. The van der Waals surface area contributed by atoms with E-state index in [-0.39, 0.29) is 79.6 Å². The zero-order valence-electron chi connectivity index (χ0n) is 44.0. The number of terminal acetylenes is 1. The SMILES string of the molecule is C#Cc1cccc(Nc2ncnc3cc(OCCC(=O)NCCNC(=O)CC[C@@H]4C5=C6CC(O)=C7C6=NC(=C7C)C=C6N=C(C=C7N=C(C=C(N5)[C@H]4C)C(C)=C7C(C)OCCCCCC)C(C)=C6CC)c(O)cc23)c1. The summed E-state index contributed by atoms with van der Waals surface area (Å²) in [7, 11) is 0. The van der Waals surface area contributed by atoms with Crippen LogP contribution < -0.4 is 26.0 Å². The average molecular weight is 1010 g/mol. The van der Waals surface area contributed by atoms with Gasteiger partial charge in [-0.15, -0.1) is 6.42 Å². The van der Waals surface area contributed by atoms with Crippen molar-refractivity contribution in [3.63, 3.8) is 0 Å². The van der Waals surface area contributed by atoms with Gasteiger partial charge in [0.05, 0.1) is 58.9 Å². The molecule has 6 aliphatic rings. The molecular weight excluding hydrogens is 943 g/mol. The van der Waals surface area contributed by atoms with E-state index in [2.05, 4.69) is 96.9 Å². The van der Waals surface area contributed by atoms with E-state index in [4.69, 9.17) is 30.9 Å². The van der Waals surface area contributed by atoms with Gasteiger partial charge in [-0.1, -0.05) is 52.0 Å². The maximum Gasteiger partial charge on any atom is 0.223 e. The van der Waals surface area contributed by atoms with Crippen LogP contribution in [0.25, 0.3) is 10.9 Å². The predicted octanol–water partition coefficient (Wildman–Crippen LogP) is 10.5. The monoisotopic (exact) mass is 1010 g/mol. The first kappa shape index (κ1) is 52.0. The zero-order chi connectivity index (χ0) is 52.9. The lowest BCUT2D eigenvalue weighted by atomic mass is 9.86. The Bertz CT molecular complexity index is 3260. The second-order valence-corrected chi connectivity index (χ2v) is 19.9. The second kappa shape index (κ2) is 22.7. The number of unbranched alkanes of at least 4 members (excludes halogenated alkanes) is 3. The van der Waals surface area contributed by atoms with Gasteiger partial charge in [0.15, 0.2) is 11.5 Å². The van der Waals surface area contributed by atoms with E-state index in [1.165, 1.54) is 25.2 Å². The van der Waals surface area contributed by atoms with Crippen molar-refractivity contribution in [1.29, 1.82) is 0 Å². The van der Waals surface area contributed by atoms with Crippen molar-refractivity contribution in [3.8, 4) is 23.8 Å².